The molecule has 0 aliphatic carbocycles. The van der Waals surface area contributed by atoms with Crippen LogP contribution in [0.1, 0.15) is 50.8 Å². The zero-order valence-electron chi connectivity index (χ0n) is 20.3. The second kappa shape index (κ2) is 14.4. The van der Waals surface area contributed by atoms with Crippen molar-refractivity contribution in [2.75, 3.05) is 52.5 Å². The number of nitrogens with one attached hydrogen (secondary N) is 2. The Labute approximate surface area is 211 Å². The summed E-state index contributed by atoms with van der Waals surface area (Å²) in [5.74, 6) is 1.91. The SMILES string of the molecule is CCNC(=NCC(C(C)C)N1CCOCC1)NCC1CCCOC1c1ccc(C)cc1.I. The van der Waals surface area contributed by atoms with Gasteiger partial charge in [-0.15, -0.1) is 24.0 Å². The number of guanidine groups is 1. The number of morpholine rings is 1. The van der Waals surface area contributed by atoms with E-state index >= 15 is 0 Å². The molecular formula is C25H43IN4O2. The summed E-state index contributed by atoms with van der Waals surface area (Å²) < 4.78 is 11.7. The molecule has 182 valence electrons. The third-order valence-electron chi connectivity index (χ3n) is 6.45. The van der Waals surface area contributed by atoms with E-state index < -0.39 is 0 Å². The first-order chi connectivity index (χ1) is 15.1. The first-order valence-corrected chi connectivity index (χ1v) is 12.1. The van der Waals surface area contributed by atoms with Crippen LogP contribution in [-0.2, 0) is 9.47 Å². The van der Waals surface area contributed by atoms with E-state index in [0.717, 1.165) is 64.9 Å². The third kappa shape index (κ3) is 8.15. The van der Waals surface area contributed by atoms with Crippen LogP contribution in [0.5, 0.6) is 0 Å². The molecule has 1 aromatic rings. The van der Waals surface area contributed by atoms with Crippen molar-refractivity contribution < 1.29 is 9.47 Å². The van der Waals surface area contributed by atoms with Crippen LogP contribution >= 0.6 is 24.0 Å². The number of aliphatic imine (C=N–C) groups is 1. The zero-order valence-corrected chi connectivity index (χ0v) is 22.6. The van der Waals surface area contributed by atoms with Gasteiger partial charge in [0.05, 0.1) is 25.9 Å². The molecular weight excluding hydrogens is 515 g/mol. The number of rotatable bonds is 8. The normalized spacial score (nSPS) is 23.5. The number of halogens is 1. The molecule has 0 aromatic heterocycles. The maximum absolute atomic E-state index is 6.20. The van der Waals surface area contributed by atoms with Crippen molar-refractivity contribution in [3.05, 3.63) is 35.4 Å². The van der Waals surface area contributed by atoms with Crippen LogP contribution in [0.2, 0.25) is 0 Å². The van der Waals surface area contributed by atoms with Crippen molar-refractivity contribution >= 4 is 29.9 Å². The lowest BCUT2D eigenvalue weighted by Crippen LogP contribution is -2.48. The maximum atomic E-state index is 6.20. The van der Waals surface area contributed by atoms with Gasteiger partial charge in [-0.3, -0.25) is 9.89 Å². The molecule has 2 saturated heterocycles. The van der Waals surface area contributed by atoms with E-state index in [4.69, 9.17) is 14.5 Å². The van der Waals surface area contributed by atoms with Gasteiger partial charge in [-0.25, -0.2) is 0 Å². The molecule has 2 aliphatic heterocycles. The summed E-state index contributed by atoms with van der Waals surface area (Å²) in [5.41, 5.74) is 2.57. The molecule has 7 heteroatoms. The van der Waals surface area contributed by atoms with Gasteiger partial charge in [0.1, 0.15) is 0 Å². The van der Waals surface area contributed by atoms with Gasteiger partial charge >= 0.3 is 0 Å². The minimum atomic E-state index is 0. The molecule has 3 unspecified atom stereocenters. The summed E-state index contributed by atoms with van der Waals surface area (Å²) in [7, 11) is 0. The Hall–Kier alpha value is -0.900. The fourth-order valence-electron chi connectivity index (χ4n) is 4.59. The van der Waals surface area contributed by atoms with Gasteiger partial charge in [0.2, 0.25) is 0 Å². The fourth-order valence-corrected chi connectivity index (χ4v) is 4.59. The Balaban J connectivity index is 0.00000363. The van der Waals surface area contributed by atoms with Crippen LogP contribution < -0.4 is 10.6 Å². The fraction of sp³-hybridized carbons (Fsp3) is 0.720. The molecule has 0 saturated carbocycles. The highest BCUT2D eigenvalue weighted by Crippen LogP contribution is 2.33. The van der Waals surface area contributed by atoms with E-state index in [1.807, 2.05) is 0 Å². The van der Waals surface area contributed by atoms with Gasteiger partial charge in [-0.1, -0.05) is 43.7 Å². The average molecular weight is 559 g/mol. The molecule has 3 atom stereocenters. The topological polar surface area (TPSA) is 58.1 Å². The monoisotopic (exact) mass is 558 g/mol. The molecule has 1 aromatic carbocycles. The lowest BCUT2D eigenvalue weighted by atomic mass is 9.89. The van der Waals surface area contributed by atoms with E-state index in [1.54, 1.807) is 0 Å². The van der Waals surface area contributed by atoms with E-state index in [-0.39, 0.29) is 30.1 Å². The molecule has 2 N–H and O–H groups in total. The zero-order chi connectivity index (χ0) is 22.1. The van der Waals surface area contributed by atoms with Crippen molar-refractivity contribution in [3.8, 4) is 0 Å². The predicted molar refractivity (Wildman–Crippen MR) is 143 cm³/mol. The van der Waals surface area contributed by atoms with Crippen LogP contribution in [0.15, 0.2) is 29.3 Å². The highest BCUT2D eigenvalue weighted by atomic mass is 127. The summed E-state index contributed by atoms with van der Waals surface area (Å²) in [6, 6.07) is 9.24. The van der Waals surface area contributed by atoms with Crippen LogP contribution in [0.25, 0.3) is 0 Å². The smallest absolute Gasteiger partial charge is 0.191 e. The van der Waals surface area contributed by atoms with Crippen molar-refractivity contribution in [2.24, 2.45) is 16.8 Å². The molecule has 0 radical (unpaired) electrons. The summed E-state index contributed by atoms with van der Waals surface area (Å²) >= 11 is 0. The van der Waals surface area contributed by atoms with Gasteiger partial charge in [0.25, 0.3) is 0 Å². The number of aryl methyl sites for hydroxylation is 1. The molecule has 0 bridgehead atoms. The second-order valence-corrected chi connectivity index (χ2v) is 9.16. The lowest BCUT2D eigenvalue weighted by molar-refractivity contribution is -0.0265. The van der Waals surface area contributed by atoms with Crippen molar-refractivity contribution in [1.82, 2.24) is 15.5 Å². The van der Waals surface area contributed by atoms with Crippen LogP contribution in [0.4, 0.5) is 0 Å². The Bertz CT molecular complexity index is 677. The van der Waals surface area contributed by atoms with Crippen molar-refractivity contribution in [1.29, 1.82) is 0 Å². The molecule has 2 aliphatic rings. The van der Waals surface area contributed by atoms with E-state index in [0.29, 0.717) is 17.9 Å². The van der Waals surface area contributed by atoms with E-state index in [1.165, 1.54) is 17.5 Å². The quantitative estimate of drug-likeness (QED) is 0.287. The highest BCUT2D eigenvalue weighted by Gasteiger charge is 2.28. The van der Waals surface area contributed by atoms with Crippen LogP contribution in [0.3, 0.4) is 0 Å². The standard InChI is InChI=1S/C25H42N4O2.HI/c1-5-26-25(28-18-23(19(2)3)29-12-15-30-16-13-29)27-17-22-7-6-14-31-24(22)21-10-8-20(4)9-11-21;/h8-11,19,22-24H,5-7,12-18H2,1-4H3,(H2,26,27,28);1H. The molecule has 3 rings (SSSR count). The Morgan fingerprint density at radius 3 is 2.50 bits per heavy atom. The highest BCUT2D eigenvalue weighted by molar-refractivity contribution is 14.0. The number of hydrogen-bond donors (Lipinski definition) is 2. The minimum Gasteiger partial charge on any atom is -0.379 e. The Morgan fingerprint density at radius 2 is 1.84 bits per heavy atom. The molecule has 0 spiro atoms. The number of benzene rings is 1. The van der Waals surface area contributed by atoms with Crippen LogP contribution in [0, 0.1) is 18.8 Å². The largest absolute Gasteiger partial charge is 0.379 e. The predicted octanol–water partition coefficient (Wildman–Crippen LogP) is 3.99. The molecule has 0 amide bonds. The van der Waals surface area contributed by atoms with Crippen molar-refractivity contribution in [3.63, 3.8) is 0 Å². The summed E-state index contributed by atoms with van der Waals surface area (Å²) in [6.45, 7) is 15.9. The van der Waals surface area contributed by atoms with Gasteiger partial charge in [0, 0.05) is 44.7 Å². The lowest BCUT2D eigenvalue weighted by Gasteiger charge is -2.36. The summed E-state index contributed by atoms with van der Waals surface area (Å²) in [4.78, 5) is 7.51. The first-order valence-electron chi connectivity index (χ1n) is 12.1. The van der Waals surface area contributed by atoms with Gasteiger partial charge < -0.3 is 20.1 Å². The van der Waals surface area contributed by atoms with Gasteiger partial charge in [-0.2, -0.15) is 0 Å². The van der Waals surface area contributed by atoms with E-state index in [9.17, 15) is 0 Å². The number of hydrogen-bond acceptors (Lipinski definition) is 4. The maximum Gasteiger partial charge on any atom is 0.191 e. The second-order valence-electron chi connectivity index (χ2n) is 9.16. The number of ether oxygens (including phenoxy) is 2. The molecule has 6 nitrogen and oxygen atoms in total. The number of nitrogens with zero attached hydrogens (tertiary/aromatic N) is 2. The first kappa shape index (κ1) is 27.3. The third-order valence-corrected chi connectivity index (χ3v) is 6.45. The van der Waals surface area contributed by atoms with Crippen LogP contribution in [-0.4, -0.2) is 69.4 Å². The van der Waals surface area contributed by atoms with Gasteiger partial charge in [0.15, 0.2) is 5.96 Å². The Morgan fingerprint density at radius 1 is 1.12 bits per heavy atom. The van der Waals surface area contributed by atoms with Gasteiger partial charge in [-0.05, 0) is 38.2 Å². The Kier molecular flexibility index (Phi) is 12.3. The minimum absolute atomic E-state index is 0. The molecule has 2 heterocycles. The molecule has 2 fully saturated rings. The summed E-state index contributed by atoms with van der Waals surface area (Å²) in [6.07, 6.45) is 2.45. The average Bonchev–Trinajstić information content (AvgIpc) is 2.79. The van der Waals surface area contributed by atoms with E-state index in [2.05, 4.69) is 67.5 Å². The summed E-state index contributed by atoms with van der Waals surface area (Å²) in [5, 5.41) is 7.05. The van der Waals surface area contributed by atoms with Crippen molar-refractivity contribution in [2.45, 2.75) is 52.7 Å². The molecule has 32 heavy (non-hydrogen) atoms.